The first-order chi connectivity index (χ1) is 9.70. The maximum atomic E-state index is 11.3. The van der Waals surface area contributed by atoms with E-state index < -0.39 is 5.97 Å². The summed E-state index contributed by atoms with van der Waals surface area (Å²) in [7, 11) is 0. The topological polar surface area (TPSA) is 68.0 Å². The molecule has 5 nitrogen and oxygen atoms in total. The number of hydrogen-bond donors (Lipinski definition) is 1. The second-order valence-electron chi connectivity index (χ2n) is 6.43. The summed E-state index contributed by atoms with van der Waals surface area (Å²) in [6.45, 7) is 10.5. The summed E-state index contributed by atoms with van der Waals surface area (Å²) in [5.74, 6) is -1.04. The summed E-state index contributed by atoms with van der Waals surface area (Å²) in [6, 6.07) is 6.22. The summed E-state index contributed by atoms with van der Waals surface area (Å²) in [6.07, 6.45) is 0. The molecule has 0 aliphatic rings. The molecule has 0 saturated carbocycles. The number of carboxylic acids is 1. The SMILES string of the molecule is Cc1ccc(Cn2nnc(C(=O)O)c2C(C)(C)C)c(C)c1. The largest absolute Gasteiger partial charge is 0.476 e. The van der Waals surface area contributed by atoms with Crippen LogP contribution in [0.1, 0.15) is 53.6 Å². The normalized spacial score (nSPS) is 11.7. The fourth-order valence-corrected chi connectivity index (χ4v) is 2.49. The van der Waals surface area contributed by atoms with Crippen LogP contribution in [0.15, 0.2) is 18.2 Å². The molecule has 0 aliphatic carbocycles. The average Bonchev–Trinajstić information content (AvgIpc) is 2.76. The number of aryl methyl sites for hydroxylation is 2. The summed E-state index contributed by atoms with van der Waals surface area (Å²) in [5, 5.41) is 17.2. The van der Waals surface area contributed by atoms with E-state index in [2.05, 4.69) is 29.4 Å². The molecule has 0 unspecified atom stereocenters. The number of hydrogen-bond acceptors (Lipinski definition) is 3. The van der Waals surface area contributed by atoms with Crippen molar-refractivity contribution in [3.8, 4) is 0 Å². The average molecular weight is 287 g/mol. The van der Waals surface area contributed by atoms with Crippen molar-refractivity contribution in [3.05, 3.63) is 46.3 Å². The van der Waals surface area contributed by atoms with Gasteiger partial charge in [-0.1, -0.05) is 49.7 Å². The van der Waals surface area contributed by atoms with Gasteiger partial charge in [-0.05, 0) is 25.0 Å². The summed E-state index contributed by atoms with van der Waals surface area (Å²) < 4.78 is 1.70. The lowest BCUT2D eigenvalue weighted by Gasteiger charge is -2.20. The molecule has 0 aliphatic heterocycles. The van der Waals surface area contributed by atoms with Crippen LogP contribution in [0.25, 0.3) is 0 Å². The maximum Gasteiger partial charge on any atom is 0.358 e. The lowest BCUT2D eigenvalue weighted by Crippen LogP contribution is -2.22. The number of carbonyl (C=O) groups is 1. The first-order valence-corrected chi connectivity index (χ1v) is 6.93. The molecule has 1 aromatic carbocycles. The molecule has 112 valence electrons. The molecule has 0 atom stereocenters. The lowest BCUT2D eigenvalue weighted by molar-refractivity contribution is 0.0687. The minimum atomic E-state index is -1.04. The van der Waals surface area contributed by atoms with Gasteiger partial charge in [-0.15, -0.1) is 5.10 Å². The van der Waals surface area contributed by atoms with E-state index in [1.54, 1.807) is 4.68 Å². The Bertz CT molecular complexity index is 681. The van der Waals surface area contributed by atoms with Gasteiger partial charge >= 0.3 is 5.97 Å². The first kappa shape index (κ1) is 15.2. The van der Waals surface area contributed by atoms with Gasteiger partial charge in [0.15, 0.2) is 5.69 Å². The monoisotopic (exact) mass is 287 g/mol. The van der Waals surface area contributed by atoms with Gasteiger partial charge < -0.3 is 5.11 Å². The zero-order chi connectivity index (χ0) is 15.8. The van der Waals surface area contributed by atoms with Gasteiger partial charge in [0.2, 0.25) is 0 Å². The molecule has 2 aromatic rings. The Hall–Kier alpha value is -2.17. The Morgan fingerprint density at radius 1 is 1.29 bits per heavy atom. The van der Waals surface area contributed by atoms with Crippen molar-refractivity contribution in [3.63, 3.8) is 0 Å². The van der Waals surface area contributed by atoms with Crippen LogP contribution in [-0.4, -0.2) is 26.1 Å². The molecule has 2 rings (SSSR count). The van der Waals surface area contributed by atoms with Gasteiger partial charge in [0, 0.05) is 5.41 Å². The van der Waals surface area contributed by atoms with E-state index >= 15 is 0 Å². The van der Waals surface area contributed by atoms with Gasteiger partial charge in [-0.2, -0.15) is 0 Å². The smallest absolute Gasteiger partial charge is 0.358 e. The second kappa shape index (κ2) is 5.31. The van der Waals surface area contributed by atoms with Crippen LogP contribution in [0, 0.1) is 13.8 Å². The van der Waals surface area contributed by atoms with Crippen LogP contribution in [0.2, 0.25) is 0 Å². The van der Waals surface area contributed by atoms with Crippen LogP contribution >= 0.6 is 0 Å². The molecular weight excluding hydrogens is 266 g/mol. The summed E-state index contributed by atoms with van der Waals surface area (Å²) in [5.41, 5.74) is 3.84. The number of aromatic nitrogens is 3. The fraction of sp³-hybridized carbons (Fsp3) is 0.438. The van der Waals surface area contributed by atoms with Crippen molar-refractivity contribution in [2.45, 2.75) is 46.6 Å². The molecule has 0 amide bonds. The number of rotatable bonds is 3. The van der Waals surface area contributed by atoms with E-state index in [0.29, 0.717) is 12.2 Å². The molecule has 21 heavy (non-hydrogen) atoms. The summed E-state index contributed by atoms with van der Waals surface area (Å²) >= 11 is 0. The van der Waals surface area contributed by atoms with E-state index in [1.165, 1.54) is 11.1 Å². The summed E-state index contributed by atoms with van der Waals surface area (Å²) in [4.78, 5) is 11.3. The van der Waals surface area contributed by atoms with Gasteiger partial charge in [0.1, 0.15) is 0 Å². The Morgan fingerprint density at radius 2 is 1.95 bits per heavy atom. The van der Waals surface area contributed by atoms with Gasteiger partial charge in [0.05, 0.1) is 12.2 Å². The van der Waals surface area contributed by atoms with Gasteiger partial charge in [0.25, 0.3) is 0 Å². The van der Waals surface area contributed by atoms with Crippen molar-refractivity contribution in [2.24, 2.45) is 0 Å². The molecule has 0 radical (unpaired) electrons. The predicted molar refractivity (Wildman–Crippen MR) is 80.7 cm³/mol. The molecule has 1 N–H and O–H groups in total. The Labute approximate surface area is 124 Å². The highest BCUT2D eigenvalue weighted by Crippen LogP contribution is 2.25. The Balaban J connectivity index is 2.47. The van der Waals surface area contributed by atoms with E-state index in [9.17, 15) is 9.90 Å². The molecule has 0 saturated heterocycles. The highest BCUT2D eigenvalue weighted by molar-refractivity contribution is 5.86. The number of benzene rings is 1. The maximum absolute atomic E-state index is 11.3. The van der Waals surface area contributed by atoms with E-state index in [1.807, 2.05) is 33.8 Å². The third kappa shape index (κ3) is 3.12. The number of aromatic carboxylic acids is 1. The number of carboxylic acid groups (broad SMARTS) is 1. The van der Waals surface area contributed by atoms with Gasteiger partial charge in [-0.3, -0.25) is 0 Å². The lowest BCUT2D eigenvalue weighted by atomic mass is 9.90. The third-order valence-corrected chi connectivity index (χ3v) is 3.47. The first-order valence-electron chi connectivity index (χ1n) is 6.93. The highest BCUT2D eigenvalue weighted by atomic mass is 16.4. The van der Waals surface area contributed by atoms with Crippen molar-refractivity contribution in [1.82, 2.24) is 15.0 Å². The van der Waals surface area contributed by atoms with Crippen LogP contribution in [0.4, 0.5) is 0 Å². The third-order valence-electron chi connectivity index (χ3n) is 3.47. The molecule has 0 bridgehead atoms. The highest BCUT2D eigenvalue weighted by Gasteiger charge is 2.29. The Kier molecular flexibility index (Phi) is 3.85. The quantitative estimate of drug-likeness (QED) is 0.942. The standard InChI is InChI=1S/C16H21N3O2/c1-10-6-7-12(11(2)8-10)9-19-14(16(3,4)5)13(15(20)21)17-18-19/h6-8H,9H2,1-5H3,(H,20,21). The fourth-order valence-electron chi connectivity index (χ4n) is 2.49. The van der Waals surface area contributed by atoms with Crippen molar-refractivity contribution in [1.29, 1.82) is 0 Å². The van der Waals surface area contributed by atoms with Crippen LogP contribution < -0.4 is 0 Å². The molecule has 5 heteroatoms. The number of nitrogens with zero attached hydrogens (tertiary/aromatic N) is 3. The molecule has 1 aromatic heterocycles. The van der Waals surface area contributed by atoms with Gasteiger partial charge in [-0.25, -0.2) is 9.48 Å². The van der Waals surface area contributed by atoms with Crippen LogP contribution in [-0.2, 0) is 12.0 Å². The predicted octanol–water partition coefficient (Wildman–Crippen LogP) is 2.94. The minimum Gasteiger partial charge on any atom is -0.476 e. The zero-order valence-electron chi connectivity index (χ0n) is 13.1. The minimum absolute atomic E-state index is 0.0345. The van der Waals surface area contributed by atoms with E-state index in [-0.39, 0.29) is 11.1 Å². The van der Waals surface area contributed by atoms with Crippen LogP contribution in [0.3, 0.4) is 0 Å². The molecule has 0 fully saturated rings. The molecule has 1 heterocycles. The van der Waals surface area contributed by atoms with E-state index in [0.717, 1.165) is 5.56 Å². The zero-order valence-corrected chi connectivity index (χ0v) is 13.1. The Morgan fingerprint density at radius 3 is 2.48 bits per heavy atom. The molecular formula is C16H21N3O2. The second-order valence-corrected chi connectivity index (χ2v) is 6.43. The van der Waals surface area contributed by atoms with Crippen LogP contribution in [0.5, 0.6) is 0 Å². The molecule has 0 spiro atoms. The van der Waals surface area contributed by atoms with Crippen molar-refractivity contribution < 1.29 is 9.90 Å². The van der Waals surface area contributed by atoms with Crippen molar-refractivity contribution >= 4 is 5.97 Å². The van der Waals surface area contributed by atoms with Crippen molar-refractivity contribution in [2.75, 3.05) is 0 Å². The van der Waals surface area contributed by atoms with E-state index in [4.69, 9.17) is 0 Å².